The Hall–Kier alpha value is -3.32. The number of nitrogens with zero attached hydrogens (tertiary/aromatic N) is 4. The second-order valence-electron chi connectivity index (χ2n) is 10.5. The molecule has 0 aliphatic carbocycles. The van der Waals surface area contributed by atoms with E-state index in [0.717, 1.165) is 29.6 Å². The number of nitrogens with one attached hydrogen (secondary N) is 2. The molecule has 3 N–H and O–H groups in total. The van der Waals surface area contributed by atoms with E-state index in [9.17, 15) is 23.1 Å². The number of amides is 1. The molecule has 1 aliphatic rings. The second-order valence-corrected chi connectivity index (χ2v) is 11.0. The van der Waals surface area contributed by atoms with Crippen LogP contribution in [0.3, 0.4) is 0 Å². The zero-order chi connectivity index (χ0) is 27.8. The zero-order valence-corrected chi connectivity index (χ0v) is 22.6. The lowest BCUT2D eigenvalue weighted by Gasteiger charge is -2.33. The molecule has 3 heterocycles. The van der Waals surface area contributed by atoms with Crippen molar-refractivity contribution in [3.05, 3.63) is 46.9 Å². The molecule has 1 aromatic carbocycles. The minimum atomic E-state index is -4.83. The lowest BCUT2D eigenvalue weighted by Crippen LogP contribution is -2.47. The highest BCUT2D eigenvalue weighted by Crippen LogP contribution is 2.42. The van der Waals surface area contributed by atoms with Crippen molar-refractivity contribution in [2.75, 3.05) is 43.9 Å². The number of hydrogen-bond acceptors (Lipinski definition) is 9. The maximum Gasteiger partial charge on any atom is 0.417 e. The first kappa shape index (κ1) is 27.7. The number of likely N-dealkylation sites (N-methyl/N-ethyl adjacent to an activating group) is 1. The third kappa shape index (κ3) is 5.88. The minimum Gasteiger partial charge on any atom is -0.505 e. The highest BCUT2D eigenvalue weighted by atomic mass is 32.1. The van der Waals surface area contributed by atoms with Gasteiger partial charge < -0.3 is 30.0 Å². The first-order valence-electron chi connectivity index (χ1n) is 12.1. The molecule has 4 rings (SSSR count). The van der Waals surface area contributed by atoms with Gasteiger partial charge in [0.25, 0.3) is 5.91 Å². The number of anilines is 3. The zero-order valence-electron chi connectivity index (χ0n) is 21.8. The number of alkyl halides is 3. The van der Waals surface area contributed by atoms with Crippen molar-refractivity contribution >= 4 is 35.0 Å². The van der Waals surface area contributed by atoms with Crippen LogP contribution in [0.4, 0.5) is 30.5 Å². The third-order valence-electron chi connectivity index (χ3n) is 6.42. The van der Waals surface area contributed by atoms with E-state index in [1.54, 1.807) is 0 Å². The van der Waals surface area contributed by atoms with Gasteiger partial charge in [0.05, 0.1) is 34.6 Å². The van der Waals surface area contributed by atoms with Crippen molar-refractivity contribution in [1.82, 2.24) is 18.5 Å². The number of furan rings is 1. The third-order valence-corrected chi connectivity index (χ3v) is 6.95. The van der Waals surface area contributed by atoms with E-state index in [2.05, 4.69) is 19.4 Å². The minimum absolute atomic E-state index is 0.0904. The van der Waals surface area contributed by atoms with Gasteiger partial charge in [0, 0.05) is 26.2 Å². The molecule has 9 nitrogen and oxygen atoms in total. The molecular formula is C25H31F3N6O3S. The Morgan fingerprint density at radius 1 is 1.08 bits per heavy atom. The van der Waals surface area contributed by atoms with Crippen LogP contribution in [0.15, 0.2) is 28.7 Å². The van der Waals surface area contributed by atoms with E-state index >= 15 is 0 Å². The first-order chi connectivity index (χ1) is 17.8. The summed E-state index contributed by atoms with van der Waals surface area (Å²) in [5.74, 6) is 0.291. The molecule has 1 aliphatic heterocycles. The van der Waals surface area contributed by atoms with Gasteiger partial charge in [-0.15, -0.1) is 0 Å². The fraction of sp³-hybridized carbons (Fsp3) is 0.480. The van der Waals surface area contributed by atoms with E-state index in [-0.39, 0.29) is 36.1 Å². The van der Waals surface area contributed by atoms with Crippen molar-refractivity contribution in [3.63, 3.8) is 0 Å². The van der Waals surface area contributed by atoms with Crippen molar-refractivity contribution in [2.45, 2.75) is 39.9 Å². The second kappa shape index (κ2) is 10.4. The molecule has 1 atom stereocenters. The van der Waals surface area contributed by atoms with Crippen LogP contribution in [0.2, 0.25) is 0 Å². The lowest BCUT2D eigenvalue weighted by atomic mass is 9.85. The van der Waals surface area contributed by atoms with Crippen LogP contribution in [-0.4, -0.2) is 62.8 Å². The Morgan fingerprint density at radius 2 is 1.74 bits per heavy atom. The van der Waals surface area contributed by atoms with Gasteiger partial charge >= 0.3 is 6.18 Å². The molecule has 1 fully saturated rings. The quantitative estimate of drug-likeness (QED) is 0.345. The highest BCUT2D eigenvalue weighted by molar-refractivity contribution is 6.99. The standard InChI is InChI=1S/C25H31F3N6O3S/c1-14-6-9-17(37-14)20(24(2,3)4)30-22-21(31-38-32-22)29-16-8-7-15(25(26,27)28)18(19(16)35)23(36)34-12-10-33(5)11-13-34/h6-9,20,35H,10-13H2,1-5H3,(H,29,31)(H,30,32)/t20-/m0/s1. The van der Waals surface area contributed by atoms with E-state index in [0.29, 0.717) is 24.7 Å². The summed E-state index contributed by atoms with van der Waals surface area (Å²) in [5, 5.41) is 17.1. The van der Waals surface area contributed by atoms with Gasteiger partial charge in [-0.25, -0.2) is 0 Å². The van der Waals surface area contributed by atoms with Gasteiger partial charge in [-0.3, -0.25) is 4.79 Å². The first-order valence-corrected chi connectivity index (χ1v) is 12.8. The number of hydrogen-bond donors (Lipinski definition) is 3. The Balaban J connectivity index is 1.66. The number of halogens is 3. The number of carbonyl (C=O) groups excluding carboxylic acids is 1. The molecule has 2 aromatic heterocycles. The van der Waals surface area contributed by atoms with Crippen molar-refractivity contribution in [3.8, 4) is 5.75 Å². The van der Waals surface area contributed by atoms with Crippen LogP contribution in [-0.2, 0) is 6.18 Å². The normalized spacial score (nSPS) is 15.9. The molecule has 1 saturated heterocycles. The van der Waals surface area contributed by atoms with Crippen LogP contribution in [0, 0.1) is 12.3 Å². The molecule has 1 amide bonds. The molecule has 0 radical (unpaired) electrons. The van der Waals surface area contributed by atoms with E-state index in [1.165, 1.54) is 4.90 Å². The van der Waals surface area contributed by atoms with Crippen LogP contribution < -0.4 is 10.6 Å². The number of benzene rings is 1. The Morgan fingerprint density at radius 3 is 2.32 bits per heavy atom. The molecule has 0 bridgehead atoms. The number of phenolic OH excluding ortho intramolecular Hbond substituents is 1. The monoisotopic (exact) mass is 552 g/mol. The summed E-state index contributed by atoms with van der Waals surface area (Å²) in [4.78, 5) is 16.5. The van der Waals surface area contributed by atoms with Crippen LogP contribution >= 0.6 is 11.7 Å². The van der Waals surface area contributed by atoms with Gasteiger partial charge in [0.15, 0.2) is 17.4 Å². The average molecular weight is 553 g/mol. The number of aromatic nitrogens is 2. The Labute approximate surface area is 223 Å². The molecule has 3 aromatic rings. The Kier molecular flexibility index (Phi) is 7.62. The lowest BCUT2D eigenvalue weighted by molar-refractivity contribution is -0.138. The number of aryl methyl sites for hydroxylation is 1. The van der Waals surface area contributed by atoms with Crippen LogP contribution in [0.1, 0.15) is 54.3 Å². The summed E-state index contributed by atoms with van der Waals surface area (Å²) in [6, 6.07) is 5.29. The summed E-state index contributed by atoms with van der Waals surface area (Å²) < 4.78 is 55.9. The van der Waals surface area contributed by atoms with Gasteiger partial charge in [-0.05, 0) is 43.7 Å². The number of carbonyl (C=O) groups is 1. The fourth-order valence-corrected chi connectivity index (χ4v) is 4.74. The molecule has 38 heavy (non-hydrogen) atoms. The maximum absolute atomic E-state index is 13.9. The van der Waals surface area contributed by atoms with Gasteiger partial charge in [-0.2, -0.15) is 21.9 Å². The van der Waals surface area contributed by atoms with Crippen molar-refractivity contribution in [1.29, 1.82) is 0 Å². The fourth-order valence-electron chi connectivity index (χ4n) is 4.26. The van der Waals surface area contributed by atoms with Crippen LogP contribution in [0.5, 0.6) is 5.75 Å². The molecule has 0 saturated carbocycles. The van der Waals surface area contributed by atoms with E-state index in [4.69, 9.17) is 4.42 Å². The van der Waals surface area contributed by atoms with Gasteiger partial charge in [0.1, 0.15) is 11.5 Å². The predicted molar refractivity (Wildman–Crippen MR) is 139 cm³/mol. The average Bonchev–Trinajstić information content (AvgIpc) is 3.45. The topological polar surface area (TPSA) is 107 Å². The number of rotatable bonds is 6. The summed E-state index contributed by atoms with van der Waals surface area (Å²) in [6.07, 6.45) is -4.83. The molecule has 206 valence electrons. The molecule has 0 unspecified atom stereocenters. The summed E-state index contributed by atoms with van der Waals surface area (Å²) in [7, 11) is 1.87. The van der Waals surface area contributed by atoms with Crippen LogP contribution in [0.25, 0.3) is 0 Å². The summed E-state index contributed by atoms with van der Waals surface area (Å²) in [5.41, 5.74) is -2.37. The smallest absolute Gasteiger partial charge is 0.417 e. The molecule has 0 spiro atoms. The molecular weight excluding hydrogens is 521 g/mol. The van der Waals surface area contributed by atoms with Gasteiger partial charge in [0.2, 0.25) is 0 Å². The number of phenols is 1. The van der Waals surface area contributed by atoms with Crippen molar-refractivity contribution in [2.24, 2.45) is 5.41 Å². The van der Waals surface area contributed by atoms with Gasteiger partial charge in [-0.1, -0.05) is 20.8 Å². The summed E-state index contributed by atoms with van der Waals surface area (Å²) in [6.45, 7) is 9.47. The van der Waals surface area contributed by atoms with E-state index in [1.807, 2.05) is 51.8 Å². The number of aromatic hydroxyl groups is 1. The van der Waals surface area contributed by atoms with Crippen molar-refractivity contribution < 1.29 is 27.5 Å². The maximum atomic E-state index is 13.9. The Bertz CT molecular complexity index is 1290. The SMILES string of the molecule is Cc1ccc([C@H](Nc2nsnc2Nc2ccc(C(F)(F)F)c(C(=O)N3CCN(C)CC3)c2O)C(C)(C)C)o1. The van der Waals surface area contributed by atoms with E-state index < -0.39 is 29.0 Å². The number of piperazine rings is 1. The summed E-state index contributed by atoms with van der Waals surface area (Å²) >= 11 is 0.888. The largest absolute Gasteiger partial charge is 0.505 e. The highest BCUT2D eigenvalue weighted by Gasteiger charge is 2.39. The molecule has 13 heteroatoms. The predicted octanol–water partition coefficient (Wildman–Crippen LogP) is 5.49.